The van der Waals surface area contributed by atoms with E-state index in [2.05, 4.69) is 11.4 Å². The monoisotopic (exact) mass is 392 g/mol. The average Bonchev–Trinajstić information content (AvgIpc) is 2.74. The van der Waals surface area contributed by atoms with E-state index in [1.807, 2.05) is 55.1 Å². The maximum absolute atomic E-state index is 12.6. The molecule has 1 saturated heterocycles. The summed E-state index contributed by atoms with van der Waals surface area (Å²) >= 11 is 0. The fourth-order valence-corrected chi connectivity index (χ4v) is 4.27. The number of benzene rings is 2. The number of hydrogen-bond donors (Lipinski definition) is 2. The summed E-state index contributed by atoms with van der Waals surface area (Å²) in [6, 6.07) is 13.1. The molecule has 0 saturated carbocycles. The van der Waals surface area contributed by atoms with Crippen LogP contribution in [0, 0.1) is 0 Å². The van der Waals surface area contributed by atoms with Crippen molar-refractivity contribution in [1.29, 1.82) is 0 Å². The lowest BCUT2D eigenvalue weighted by Gasteiger charge is -2.40. The van der Waals surface area contributed by atoms with E-state index >= 15 is 0 Å². The number of fused-ring (bicyclic) bond motifs is 1. The van der Waals surface area contributed by atoms with E-state index in [0.29, 0.717) is 24.4 Å². The molecule has 2 aliphatic rings. The van der Waals surface area contributed by atoms with Crippen molar-refractivity contribution in [3.8, 4) is 11.5 Å². The number of amides is 1. The minimum atomic E-state index is -0.364. The van der Waals surface area contributed by atoms with Crippen LogP contribution >= 0.6 is 0 Å². The highest BCUT2D eigenvalue weighted by Crippen LogP contribution is 2.46. The van der Waals surface area contributed by atoms with Gasteiger partial charge >= 0.3 is 0 Å². The smallest absolute Gasteiger partial charge is 0.253 e. The molecule has 1 spiro atoms. The number of piperidine rings is 1. The highest BCUT2D eigenvalue weighted by molar-refractivity contribution is 5.95. The van der Waals surface area contributed by atoms with E-state index in [1.165, 1.54) is 0 Å². The van der Waals surface area contributed by atoms with Crippen LogP contribution in [0.3, 0.4) is 0 Å². The van der Waals surface area contributed by atoms with Gasteiger partial charge in [-0.25, -0.2) is 0 Å². The first-order valence-corrected chi connectivity index (χ1v) is 10.4. The Kier molecular flexibility index (Phi) is 5.33. The summed E-state index contributed by atoms with van der Waals surface area (Å²) in [5.74, 6) is 0.967. The Bertz CT molecular complexity index is 924. The summed E-state index contributed by atoms with van der Waals surface area (Å²) in [6.45, 7) is 7.15. The van der Waals surface area contributed by atoms with Gasteiger partial charge in [0.25, 0.3) is 5.91 Å². The Morgan fingerprint density at radius 2 is 1.79 bits per heavy atom. The number of nitrogens with one attached hydrogen (secondary N) is 1. The highest BCUT2D eigenvalue weighted by atomic mass is 16.5. The highest BCUT2D eigenvalue weighted by Gasteiger charge is 2.38. The molecule has 152 valence electrons. The lowest BCUT2D eigenvalue weighted by Crippen LogP contribution is -2.46. The summed E-state index contributed by atoms with van der Waals surface area (Å²) < 4.78 is 6.38. The average molecular weight is 392 g/mol. The fraction of sp³-hybridized carbons (Fsp3) is 0.375. The van der Waals surface area contributed by atoms with Crippen LogP contribution in [0.15, 0.2) is 48.5 Å². The molecule has 2 aromatic rings. The second-order valence-electron chi connectivity index (χ2n) is 7.68. The second kappa shape index (κ2) is 7.91. The number of phenolic OH excluding ortho intramolecular Hbond substituents is 1. The summed E-state index contributed by atoms with van der Waals surface area (Å²) in [4.78, 5) is 14.4. The Morgan fingerprint density at radius 1 is 1.10 bits per heavy atom. The molecule has 0 aromatic heterocycles. The molecule has 2 aliphatic heterocycles. The quantitative estimate of drug-likeness (QED) is 0.830. The van der Waals surface area contributed by atoms with Crippen molar-refractivity contribution in [3.63, 3.8) is 0 Å². The van der Waals surface area contributed by atoms with Crippen LogP contribution in [0.4, 0.5) is 0 Å². The van der Waals surface area contributed by atoms with E-state index in [4.69, 9.17) is 4.74 Å². The van der Waals surface area contributed by atoms with Gasteiger partial charge < -0.3 is 20.1 Å². The number of nitrogens with zero attached hydrogens (tertiary/aromatic N) is 1. The number of rotatable bonds is 4. The Hall–Kier alpha value is -2.79. The van der Waals surface area contributed by atoms with Gasteiger partial charge in [-0.05, 0) is 68.4 Å². The SMILES string of the molecule is CCN(CC)C(=O)c1ccc(C2=CC3(CCNCC3)Oc3cccc(O)c32)cc1. The predicted octanol–water partition coefficient (Wildman–Crippen LogP) is 3.82. The number of hydrogen-bond acceptors (Lipinski definition) is 4. The van der Waals surface area contributed by atoms with Gasteiger partial charge in [0.1, 0.15) is 17.1 Å². The fourth-order valence-electron chi connectivity index (χ4n) is 4.27. The van der Waals surface area contributed by atoms with E-state index in [9.17, 15) is 9.90 Å². The zero-order chi connectivity index (χ0) is 20.4. The third-order valence-electron chi connectivity index (χ3n) is 5.94. The molecule has 4 rings (SSSR count). The molecular formula is C24H28N2O3. The molecule has 5 heteroatoms. The molecule has 0 bridgehead atoms. The maximum Gasteiger partial charge on any atom is 0.253 e. The first kappa shape index (κ1) is 19.5. The van der Waals surface area contributed by atoms with E-state index in [1.54, 1.807) is 6.07 Å². The standard InChI is InChI=1S/C24H28N2O3/c1-3-26(4-2)23(28)18-10-8-17(9-11-18)19-16-24(12-14-25-15-13-24)29-21-7-5-6-20(27)22(19)21/h5-11,16,25,27H,3-4,12-15H2,1-2H3. The minimum absolute atomic E-state index is 0.0422. The van der Waals surface area contributed by atoms with Gasteiger partial charge in [-0.2, -0.15) is 0 Å². The zero-order valence-electron chi connectivity index (χ0n) is 17.1. The molecule has 0 aliphatic carbocycles. The van der Waals surface area contributed by atoms with E-state index < -0.39 is 0 Å². The van der Waals surface area contributed by atoms with E-state index in [0.717, 1.165) is 42.6 Å². The van der Waals surface area contributed by atoms with Crippen LogP contribution in [-0.2, 0) is 0 Å². The molecule has 29 heavy (non-hydrogen) atoms. The molecule has 2 N–H and O–H groups in total. The lowest BCUT2D eigenvalue weighted by atomic mass is 9.83. The molecule has 5 nitrogen and oxygen atoms in total. The van der Waals surface area contributed by atoms with Crippen molar-refractivity contribution in [2.24, 2.45) is 0 Å². The predicted molar refractivity (Wildman–Crippen MR) is 114 cm³/mol. The molecule has 1 fully saturated rings. The molecule has 0 radical (unpaired) electrons. The number of carbonyl (C=O) groups is 1. The first-order chi connectivity index (χ1) is 14.1. The van der Waals surface area contributed by atoms with Crippen LogP contribution in [0.2, 0.25) is 0 Å². The summed E-state index contributed by atoms with van der Waals surface area (Å²) in [5, 5.41) is 13.9. The van der Waals surface area contributed by atoms with Crippen LogP contribution in [-0.4, -0.2) is 47.7 Å². The van der Waals surface area contributed by atoms with Crippen molar-refractivity contribution < 1.29 is 14.6 Å². The van der Waals surface area contributed by atoms with Crippen LogP contribution in [0.5, 0.6) is 11.5 Å². The topological polar surface area (TPSA) is 61.8 Å². The van der Waals surface area contributed by atoms with Gasteiger partial charge in [-0.3, -0.25) is 4.79 Å². The Morgan fingerprint density at radius 3 is 2.45 bits per heavy atom. The minimum Gasteiger partial charge on any atom is -0.507 e. The summed E-state index contributed by atoms with van der Waals surface area (Å²) in [5.41, 5.74) is 2.98. The largest absolute Gasteiger partial charge is 0.507 e. The normalized spacial score (nSPS) is 17.2. The maximum atomic E-state index is 12.6. The third kappa shape index (κ3) is 3.62. The molecule has 1 amide bonds. The van der Waals surface area contributed by atoms with Gasteiger partial charge in [-0.15, -0.1) is 0 Å². The number of ether oxygens (including phenoxy) is 1. The van der Waals surface area contributed by atoms with Crippen molar-refractivity contribution in [3.05, 3.63) is 65.2 Å². The van der Waals surface area contributed by atoms with Gasteiger partial charge in [0.15, 0.2) is 0 Å². The Labute approximate surface area is 172 Å². The second-order valence-corrected chi connectivity index (χ2v) is 7.68. The first-order valence-electron chi connectivity index (χ1n) is 10.4. The van der Waals surface area contributed by atoms with Gasteiger partial charge in [0.2, 0.25) is 0 Å². The van der Waals surface area contributed by atoms with Crippen molar-refractivity contribution >= 4 is 11.5 Å². The third-order valence-corrected chi connectivity index (χ3v) is 5.94. The van der Waals surface area contributed by atoms with Crippen LogP contribution in [0.25, 0.3) is 5.57 Å². The van der Waals surface area contributed by atoms with Gasteiger partial charge in [0.05, 0.1) is 5.56 Å². The number of aromatic hydroxyl groups is 1. The number of phenols is 1. The van der Waals surface area contributed by atoms with Crippen LogP contribution < -0.4 is 10.1 Å². The van der Waals surface area contributed by atoms with Crippen LogP contribution in [0.1, 0.15) is 48.2 Å². The zero-order valence-corrected chi connectivity index (χ0v) is 17.1. The molecule has 2 heterocycles. The van der Waals surface area contributed by atoms with Crippen molar-refractivity contribution in [2.75, 3.05) is 26.2 Å². The lowest BCUT2D eigenvalue weighted by molar-refractivity contribution is 0.0772. The van der Waals surface area contributed by atoms with Crippen molar-refractivity contribution in [2.45, 2.75) is 32.3 Å². The van der Waals surface area contributed by atoms with Gasteiger partial charge in [0, 0.05) is 31.5 Å². The summed E-state index contributed by atoms with van der Waals surface area (Å²) in [7, 11) is 0. The molecule has 2 aromatic carbocycles. The van der Waals surface area contributed by atoms with Gasteiger partial charge in [-0.1, -0.05) is 18.2 Å². The number of carbonyl (C=O) groups excluding carboxylic acids is 1. The molecule has 0 unspecified atom stereocenters. The van der Waals surface area contributed by atoms with E-state index in [-0.39, 0.29) is 17.3 Å². The van der Waals surface area contributed by atoms with Crippen molar-refractivity contribution in [1.82, 2.24) is 10.2 Å². The Balaban J connectivity index is 1.74. The summed E-state index contributed by atoms with van der Waals surface area (Å²) in [6.07, 6.45) is 3.92. The molecular weight excluding hydrogens is 364 g/mol. The molecule has 0 atom stereocenters.